The van der Waals surface area contributed by atoms with Crippen molar-refractivity contribution < 1.29 is 0 Å². The van der Waals surface area contributed by atoms with Crippen molar-refractivity contribution >= 4 is 27.6 Å². The summed E-state index contributed by atoms with van der Waals surface area (Å²) >= 11 is 0. The van der Waals surface area contributed by atoms with Gasteiger partial charge in [-0.25, -0.2) is 9.97 Å². The predicted octanol–water partition coefficient (Wildman–Crippen LogP) is 8.83. The molecule has 0 fully saturated rings. The van der Waals surface area contributed by atoms with Crippen LogP contribution in [-0.2, 0) is 0 Å². The van der Waals surface area contributed by atoms with Gasteiger partial charge in [0.25, 0.3) is 0 Å². The number of aromatic nitrogens is 4. The van der Waals surface area contributed by atoms with Crippen LogP contribution in [0.4, 0.5) is 0 Å². The molecule has 3 aromatic heterocycles. The first kappa shape index (κ1) is 22.5. The van der Waals surface area contributed by atoms with Crippen molar-refractivity contribution in [1.29, 1.82) is 0 Å². The summed E-state index contributed by atoms with van der Waals surface area (Å²) in [6.07, 6.45) is 2.08. The molecule has 0 unspecified atom stereocenters. The van der Waals surface area contributed by atoms with E-state index in [0.717, 1.165) is 39.5 Å². The van der Waals surface area contributed by atoms with E-state index in [1.807, 2.05) is 24.3 Å². The van der Waals surface area contributed by atoms with Crippen LogP contribution in [0.25, 0.3) is 67.0 Å². The average molecular weight is 513 g/mol. The zero-order chi connectivity index (χ0) is 26.5. The average Bonchev–Trinajstić information content (AvgIpc) is 3.58. The number of hydrogen-bond acceptors (Lipinski definition) is 2. The van der Waals surface area contributed by atoms with Gasteiger partial charge in [0.15, 0.2) is 0 Å². The molecule has 0 radical (unpaired) electrons. The Morgan fingerprint density at radius 2 is 1.02 bits per heavy atom. The van der Waals surface area contributed by atoms with Crippen LogP contribution in [0, 0.1) is 0 Å². The number of para-hydroxylation sites is 2. The summed E-state index contributed by atoms with van der Waals surface area (Å²) in [7, 11) is 0. The largest absolute Gasteiger partial charge is 0.309 e. The highest BCUT2D eigenvalue weighted by atomic mass is 15.1. The number of rotatable bonds is 4. The Bertz CT molecular complexity index is 2080. The molecule has 0 aliphatic heterocycles. The summed E-state index contributed by atoms with van der Waals surface area (Å²) in [6, 6.07) is 48.6. The lowest BCUT2D eigenvalue weighted by atomic mass is 10.1. The molecule has 0 amide bonds. The normalized spacial score (nSPS) is 11.5. The Labute approximate surface area is 231 Å². The van der Waals surface area contributed by atoms with Crippen LogP contribution in [0.15, 0.2) is 146 Å². The SMILES string of the molecule is c1ccc(-c2nc3nc(-c4ccc(-n5c6ccccc6c6ccccc65)cc4)ccn3c2-c2ccccc2)cc1. The lowest BCUT2D eigenvalue weighted by molar-refractivity contribution is 1.11. The van der Waals surface area contributed by atoms with Crippen molar-refractivity contribution in [3.8, 4) is 39.5 Å². The van der Waals surface area contributed by atoms with Crippen LogP contribution in [-0.4, -0.2) is 18.9 Å². The maximum Gasteiger partial charge on any atom is 0.235 e. The van der Waals surface area contributed by atoms with E-state index in [-0.39, 0.29) is 0 Å². The topological polar surface area (TPSA) is 35.1 Å². The Balaban J connectivity index is 1.24. The number of hydrogen-bond donors (Lipinski definition) is 0. The standard InChI is InChI=1S/C36H24N4/c1-3-11-26(12-4-1)34-35(27-13-5-2-6-14-27)39-24-23-31(37-36(39)38-34)25-19-21-28(22-20-25)40-32-17-9-7-15-29(32)30-16-8-10-18-33(30)40/h1-24H. The van der Waals surface area contributed by atoms with Gasteiger partial charge in [0.05, 0.1) is 28.1 Å². The maximum atomic E-state index is 5.02. The van der Waals surface area contributed by atoms with Gasteiger partial charge in [0.2, 0.25) is 5.78 Å². The summed E-state index contributed by atoms with van der Waals surface area (Å²) in [5.74, 6) is 0.682. The van der Waals surface area contributed by atoms with E-state index in [4.69, 9.17) is 9.97 Å². The Morgan fingerprint density at radius 3 is 1.68 bits per heavy atom. The van der Waals surface area contributed by atoms with Gasteiger partial charge in [0.1, 0.15) is 0 Å². The fourth-order valence-electron chi connectivity index (χ4n) is 5.74. The van der Waals surface area contributed by atoms with Gasteiger partial charge in [-0.2, -0.15) is 0 Å². The predicted molar refractivity (Wildman–Crippen MR) is 164 cm³/mol. The lowest BCUT2D eigenvalue weighted by Gasteiger charge is -2.09. The van der Waals surface area contributed by atoms with Crippen molar-refractivity contribution in [2.45, 2.75) is 0 Å². The van der Waals surface area contributed by atoms with E-state index < -0.39 is 0 Å². The molecule has 0 aliphatic carbocycles. The first-order chi connectivity index (χ1) is 19.8. The first-order valence-corrected chi connectivity index (χ1v) is 13.4. The smallest absolute Gasteiger partial charge is 0.235 e. The zero-order valence-corrected chi connectivity index (χ0v) is 21.6. The molecular weight excluding hydrogens is 488 g/mol. The van der Waals surface area contributed by atoms with Crippen LogP contribution in [0.2, 0.25) is 0 Å². The summed E-state index contributed by atoms with van der Waals surface area (Å²) in [5.41, 5.74) is 9.64. The van der Waals surface area contributed by atoms with E-state index in [9.17, 15) is 0 Å². The molecule has 4 nitrogen and oxygen atoms in total. The highest BCUT2D eigenvalue weighted by molar-refractivity contribution is 6.09. The number of benzene rings is 5. The minimum Gasteiger partial charge on any atom is -0.309 e. The molecule has 0 spiro atoms. The Hall–Kier alpha value is -5.48. The zero-order valence-electron chi connectivity index (χ0n) is 21.6. The third kappa shape index (κ3) is 3.54. The fourth-order valence-corrected chi connectivity index (χ4v) is 5.74. The minimum absolute atomic E-state index is 0.682. The molecule has 4 heteroatoms. The summed E-state index contributed by atoms with van der Waals surface area (Å²) < 4.78 is 4.42. The van der Waals surface area contributed by atoms with E-state index in [1.165, 1.54) is 21.8 Å². The van der Waals surface area contributed by atoms with E-state index >= 15 is 0 Å². The number of fused-ring (bicyclic) bond motifs is 4. The van der Waals surface area contributed by atoms with Crippen molar-refractivity contribution in [2.24, 2.45) is 0 Å². The molecule has 0 saturated heterocycles. The second-order valence-corrected chi connectivity index (χ2v) is 9.94. The molecule has 0 bridgehead atoms. The van der Waals surface area contributed by atoms with Crippen molar-refractivity contribution in [3.63, 3.8) is 0 Å². The molecule has 3 heterocycles. The van der Waals surface area contributed by atoms with Crippen LogP contribution in [0.5, 0.6) is 0 Å². The van der Waals surface area contributed by atoms with Crippen LogP contribution >= 0.6 is 0 Å². The van der Waals surface area contributed by atoms with Gasteiger partial charge in [-0.1, -0.05) is 109 Å². The monoisotopic (exact) mass is 512 g/mol. The van der Waals surface area contributed by atoms with Crippen LogP contribution in [0.3, 0.4) is 0 Å². The van der Waals surface area contributed by atoms with Crippen molar-refractivity contribution in [3.05, 3.63) is 146 Å². The third-order valence-electron chi connectivity index (χ3n) is 7.59. The second kappa shape index (κ2) is 9.07. The molecule has 8 aromatic rings. The van der Waals surface area contributed by atoms with Gasteiger partial charge in [-0.05, 0) is 30.3 Å². The number of imidazole rings is 1. The quantitative estimate of drug-likeness (QED) is 0.236. The Kier molecular flexibility index (Phi) is 5.10. The molecule has 8 rings (SSSR count). The molecule has 40 heavy (non-hydrogen) atoms. The minimum atomic E-state index is 0.682. The van der Waals surface area contributed by atoms with Gasteiger partial charge < -0.3 is 4.57 Å². The van der Waals surface area contributed by atoms with Crippen LogP contribution in [0.1, 0.15) is 0 Å². The van der Waals surface area contributed by atoms with Gasteiger partial charge in [0, 0.05) is 39.3 Å². The fraction of sp³-hybridized carbons (Fsp3) is 0. The van der Waals surface area contributed by atoms with E-state index in [0.29, 0.717) is 5.78 Å². The molecule has 0 N–H and O–H groups in total. The third-order valence-corrected chi connectivity index (χ3v) is 7.59. The first-order valence-electron chi connectivity index (χ1n) is 13.4. The summed E-state index contributed by atoms with van der Waals surface area (Å²) in [4.78, 5) is 10.0. The highest BCUT2D eigenvalue weighted by Crippen LogP contribution is 2.34. The molecular formula is C36H24N4. The van der Waals surface area contributed by atoms with Crippen LogP contribution < -0.4 is 0 Å². The van der Waals surface area contributed by atoms with E-state index in [1.54, 1.807) is 0 Å². The lowest BCUT2D eigenvalue weighted by Crippen LogP contribution is -1.95. The van der Waals surface area contributed by atoms with Crippen molar-refractivity contribution in [1.82, 2.24) is 18.9 Å². The maximum absolute atomic E-state index is 5.02. The highest BCUT2D eigenvalue weighted by Gasteiger charge is 2.17. The van der Waals surface area contributed by atoms with Gasteiger partial charge in [-0.15, -0.1) is 0 Å². The van der Waals surface area contributed by atoms with Crippen molar-refractivity contribution in [2.75, 3.05) is 0 Å². The van der Waals surface area contributed by atoms with E-state index in [2.05, 4.69) is 130 Å². The van der Waals surface area contributed by atoms with Gasteiger partial charge >= 0.3 is 0 Å². The summed E-state index contributed by atoms with van der Waals surface area (Å²) in [5, 5.41) is 2.52. The Morgan fingerprint density at radius 1 is 0.450 bits per heavy atom. The number of nitrogens with zero attached hydrogens (tertiary/aromatic N) is 4. The van der Waals surface area contributed by atoms with Gasteiger partial charge in [-0.3, -0.25) is 4.40 Å². The molecule has 5 aromatic carbocycles. The second-order valence-electron chi connectivity index (χ2n) is 9.94. The molecule has 188 valence electrons. The summed E-state index contributed by atoms with van der Waals surface area (Å²) in [6.45, 7) is 0. The molecule has 0 aliphatic rings. The molecule has 0 saturated carbocycles. The molecule has 0 atom stereocenters.